The Hall–Kier alpha value is -3.49. The Kier molecular flexibility index (Phi) is 5.30. The van der Waals surface area contributed by atoms with E-state index in [1.165, 1.54) is 10.8 Å². The average molecular weight is 372 g/mol. The Labute approximate surface area is 154 Å². The van der Waals surface area contributed by atoms with Gasteiger partial charge >= 0.3 is 5.69 Å². The van der Waals surface area contributed by atoms with Gasteiger partial charge in [0.25, 0.3) is 11.5 Å². The van der Waals surface area contributed by atoms with Gasteiger partial charge in [0.15, 0.2) is 5.69 Å². The van der Waals surface area contributed by atoms with Crippen molar-refractivity contribution in [3.63, 3.8) is 0 Å². The molecule has 0 saturated carbocycles. The number of benzene rings is 1. The van der Waals surface area contributed by atoms with Crippen LogP contribution in [0.5, 0.6) is 0 Å². The monoisotopic (exact) mass is 372 g/mol. The van der Waals surface area contributed by atoms with E-state index in [0.29, 0.717) is 6.61 Å². The molecule has 2 aromatic rings. The molecule has 2 heterocycles. The summed E-state index contributed by atoms with van der Waals surface area (Å²) in [5.41, 5.74) is 5.47. The minimum absolute atomic E-state index is 0.0253. The van der Waals surface area contributed by atoms with Gasteiger partial charge in [-0.15, -0.1) is 0 Å². The number of hydrogen-bond acceptors (Lipinski definition) is 6. The van der Waals surface area contributed by atoms with Crippen LogP contribution in [0.4, 0.5) is 11.5 Å². The fraction of sp³-hybridized carbons (Fsp3) is 0.278. The zero-order chi connectivity index (χ0) is 19.4. The van der Waals surface area contributed by atoms with Crippen LogP contribution in [0.1, 0.15) is 12.5 Å². The summed E-state index contributed by atoms with van der Waals surface area (Å²) in [6.07, 6.45) is 1.21. The number of rotatable bonds is 5. The van der Waals surface area contributed by atoms with Gasteiger partial charge in [-0.1, -0.05) is 30.3 Å². The largest absolute Gasteiger partial charge is 0.494 e. The summed E-state index contributed by atoms with van der Waals surface area (Å²) in [4.78, 5) is 40.8. The van der Waals surface area contributed by atoms with Gasteiger partial charge in [0.1, 0.15) is 25.3 Å². The number of carbonyl (C=O) groups excluding carboxylic acids is 1. The van der Waals surface area contributed by atoms with Gasteiger partial charge in [0, 0.05) is 6.54 Å². The molecule has 3 N–H and O–H groups in total. The van der Waals surface area contributed by atoms with Crippen molar-refractivity contribution in [3.8, 4) is 0 Å². The molecule has 0 bridgehead atoms. The summed E-state index contributed by atoms with van der Waals surface area (Å²) < 4.78 is 11.6. The molecule has 3 rings (SSSR count). The van der Waals surface area contributed by atoms with Crippen molar-refractivity contribution in [2.45, 2.75) is 13.5 Å². The first kappa shape index (κ1) is 18.3. The molecule has 0 fully saturated rings. The highest BCUT2D eigenvalue weighted by molar-refractivity contribution is 6.05. The van der Waals surface area contributed by atoms with Gasteiger partial charge in [0.2, 0.25) is 5.76 Å². The van der Waals surface area contributed by atoms with Crippen molar-refractivity contribution >= 4 is 17.4 Å². The van der Waals surface area contributed by atoms with Gasteiger partial charge in [-0.25, -0.2) is 4.79 Å². The topological polar surface area (TPSA) is 120 Å². The van der Waals surface area contributed by atoms with Crippen LogP contribution in [0.25, 0.3) is 0 Å². The van der Waals surface area contributed by atoms with Crippen molar-refractivity contribution < 1.29 is 14.3 Å². The maximum absolute atomic E-state index is 12.7. The summed E-state index contributed by atoms with van der Waals surface area (Å²) >= 11 is 0. The van der Waals surface area contributed by atoms with Gasteiger partial charge < -0.3 is 15.2 Å². The molecule has 0 saturated heterocycles. The third-order valence-corrected chi connectivity index (χ3v) is 4.09. The van der Waals surface area contributed by atoms with Crippen LogP contribution < -0.4 is 21.9 Å². The molecule has 0 radical (unpaired) electrons. The SMILES string of the molecule is CCN(C(=O)C1=COCCO1)c1c(N)n(Cc2ccccc2)c(=O)[nH]c1=O. The molecule has 9 heteroatoms. The second-order valence-electron chi connectivity index (χ2n) is 5.82. The first-order valence-corrected chi connectivity index (χ1v) is 8.46. The highest BCUT2D eigenvalue weighted by Crippen LogP contribution is 2.20. The lowest BCUT2D eigenvalue weighted by Gasteiger charge is -2.25. The fourth-order valence-electron chi connectivity index (χ4n) is 2.78. The molecule has 0 atom stereocenters. The van der Waals surface area contributed by atoms with Crippen molar-refractivity contribution in [3.05, 3.63) is 68.8 Å². The van der Waals surface area contributed by atoms with Gasteiger partial charge in [-0.05, 0) is 12.5 Å². The Bertz CT molecular complexity index is 977. The Morgan fingerprint density at radius 3 is 2.63 bits per heavy atom. The van der Waals surface area contributed by atoms with E-state index in [1.807, 2.05) is 30.3 Å². The number of nitrogens with zero attached hydrogens (tertiary/aromatic N) is 2. The Balaban J connectivity index is 2.04. The fourth-order valence-corrected chi connectivity index (χ4v) is 2.78. The average Bonchev–Trinajstić information content (AvgIpc) is 2.69. The number of nitrogen functional groups attached to an aromatic ring is 1. The molecule has 1 aromatic carbocycles. The lowest BCUT2D eigenvalue weighted by molar-refractivity contribution is -0.119. The number of anilines is 2. The Morgan fingerprint density at radius 1 is 1.26 bits per heavy atom. The quantitative estimate of drug-likeness (QED) is 0.784. The number of aromatic amines is 1. The molecular formula is C18H20N4O5. The molecule has 0 spiro atoms. The van der Waals surface area contributed by atoms with E-state index in [1.54, 1.807) is 6.92 Å². The molecular weight excluding hydrogens is 352 g/mol. The van der Waals surface area contributed by atoms with E-state index in [9.17, 15) is 14.4 Å². The minimum atomic E-state index is -0.741. The number of hydrogen-bond donors (Lipinski definition) is 2. The van der Waals surface area contributed by atoms with Crippen LogP contribution in [0, 0.1) is 0 Å². The summed E-state index contributed by atoms with van der Waals surface area (Å²) in [6.45, 7) is 2.56. The number of ether oxygens (including phenoxy) is 2. The predicted molar refractivity (Wildman–Crippen MR) is 99.3 cm³/mol. The lowest BCUT2D eigenvalue weighted by atomic mass is 10.2. The van der Waals surface area contributed by atoms with Crippen LogP contribution in [0.3, 0.4) is 0 Å². The zero-order valence-corrected chi connectivity index (χ0v) is 14.8. The van der Waals surface area contributed by atoms with Crippen LogP contribution in [0.2, 0.25) is 0 Å². The van der Waals surface area contributed by atoms with E-state index in [-0.39, 0.29) is 37.0 Å². The Morgan fingerprint density at radius 2 is 2.00 bits per heavy atom. The van der Waals surface area contributed by atoms with Gasteiger partial charge in [-0.2, -0.15) is 0 Å². The summed E-state index contributed by atoms with van der Waals surface area (Å²) in [6, 6.07) is 9.18. The first-order chi connectivity index (χ1) is 13.0. The number of carbonyl (C=O) groups is 1. The molecule has 0 unspecified atom stereocenters. The molecule has 1 aliphatic heterocycles. The zero-order valence-electron chi connectivity index (χ0n) is 14.8. The van der Waals surface area contributed by atoms with Gasteiger partial charge in [0.05, 0.1) is 6.54 Å². The number of aromatic nitrogens is 2. The van der Waals surface area contributed by atoms with E-state index < -0.39 is 17.2 Å². The summed E-state index contributed by atoms with van der Waals surface area (Å²) in [7, 11) is 0. The number of H-pyrrole nitrogens is 1. The third-order valence-electron chi connectivity index (χ3n) is 4.09. The van der Waals surface area contributed by atoms with Crippen LogP contribution >= 0.6 is 0 Å². The number of likely N-dealkylation sites (N-methyl/N-ethyl adjacent to an activating group) is 1. The molecule has 27 heavy (non-hydrogen) atoms. The standard InChI is InChI=1S/C18H20N4O5/c1-2-21(17(24)13-11-26-8-9-27-13)14-15(19)22(18(25)20-16(14)23)10-12-6-4-3-5-7-12/h3-7,11H,2,8-10,19H2,1H3,(H,20,23,25). The molecule has 9 nitrogen and oxygen atoms in total. The van der Waals surface area contributed by atoms with Crippen molar-refractivity contribution in [2.75, 3.05) is 30.4 Å². The van der Waals surface area contributed by atoms with Gasteiger partial charge in [-0.3, -0.25) is 24.0 Å². The summed E-state index contributed by atoms with van der Waals surface area (Å²) in [5.74, 6) is -0.692. The molecule has 1 amide bonds. The smallest absolute Gasteiger partial charge is 0.330 e. The van der Waals surface area contributed by atoms with Crippen molar-refractivity contribution in [1.29, 1.82) is 0 Å². The first-order valence-electron chi connectivity index (χ1n) is 8.46. The van der Waals surface area contributed by atoms with E-state index in [4.69, 9.17) is 15.2 Å². The van der Waals surface area contributed by atoms with Crippen LogP contribution in [-0.4, -0.2) is 35.2 Å². The minimum Gasteiger partial charge on any atom is -0.494 e. The maximum Gasteiger partial charge on any atom is 0.330 e. The lowest BCUT2D eigenvalue weighted by Crippen LogP contribution is -2.42. The van der Waals surface area contributed by atoms with Crippen LogP contribution in [-0.2, 0) is 20.8 Å². The van der Waals surface area contributed by atoms with Crippen molar-refractivity contribution in [1.82, 2.24) is 9.55 Å². The van der Waals surface area contributed by atoms with E-state index in [0.717, 1.165) is 10.5 Å². The number of nitrogens with two attached hydrogens (primary N) is 1. The summed E-state index contributed by atoms with van der Waals surface area (Å²) in [5, 5.41) is 0. The molecule has 1 aliphatic rings. The maximum atomic E-state index is 12.7. The second kappa shape index (κ2) is 7.81. The number of amides is 1. The highest BCUT2D eigenvalue weighted by Gasteiger charge is 2.27. The molecule has 1 aromatic heterocycles. The molecule has 0 aliphatic carbocycles. The van der Waals surface area contributed by atoms with Crippen LogP contribution in [0.15, 0.2) is 51.9 Å². The normalized spacial score (nSPS) is 13.3. The van der Waals surface area contributed by atoms with E-state index >= 15 is 0 Å². The van der Waals surface area contributed by atoms with Crippen molar-refractivity contribution in [2.24, 2.45) is 0 Å². The second-order valence-corrected chi connectivity index (χ2v) is 5.82. The molecule has 142 valence electrons. The van der Waals surface area contributed by atoms with E-state index in [2.05, 4.69) is 4.98 Å². The third kappa shape index (κ3) is 3.71. The number of nitrogens with one attached hydrogen (secondary N) is 1. The predicted octanol–water partition coefficient (Wildman–Crippen LogP) is 0.408. The highest BCUT2D eigenvalue weighted by atomic mass is 16.6.